The van der Waals surface area contributed by atoms with Crippen molar-refractivity contribution in [1.82, 2.24) is 0 Å². The summed E-state index contributed by atoms with van der Waals surface area (Å²) in [6.45, 7) is 6.80. The Labute approximate surface area is 78.1 Å². The zero-order chi connectivity index (χ0) is 10.3. The molecule has 0 aromatic rings. The van der Waals surface area contributed by atoms with Gasteiger partial charge in [-0.3, -0.25) is 4.79 Å². The summed E-state index contributed by atoms with van der Waals surface area (Å²) >= 11 is 0. The van der Waals surface area contributed by atoms with Gasteiger partial charge in [-0.1, -0.05) is 12.2 Å². The molecule has 0 saturated carbocycles. The summed E-state index contributed by atoms with van der Waals surface area (Å²) in [5, 5.41) is 0. The average molecular weight is 182 g/mol. The first-order valence-electron chi connectivity index (χ1n) is 4.12. The summed E-state index contributed by atoms with van der Waals surface area (Å²) in [6, 6.07) is 0. The van der Waals surface area contributed by atoms with Crippen LogP contribution in [-0.4, -0.2) is 18.4 Å². The van der Waals surface area contributed by atoms with Gasteiger partial charge in [0, 0.05) is 0 Å². The summed E-state index contributed by atoms with van der Waals surface area (Å²) in [4.78, 5) is 22.1. The van der Waals surface area contributed by atoms with Crippen LogP contribution >= 0.6 is 0 Å². The normalized spacial score (nSPS) is 10.8. The van der Waals surface area contributed by atoms with E-state index in [1.807, 2.05) is 0 Å². The SMILES string of the molecule is C=CCC=C(C(C)=O)C(=O)OCC. The van der Waals surface area contributed by atoms with Crippen LogP contribution in [0.3, 0.4) is 0 Å². The van der Waals surface area contributed by atoms with Gasteiger partial charge in [0.05, 0.1) is 12.2 Å². The number of hydrogen-bond acceptors (Lipinski definition) is 3. The molecule has 0 aliphatic heterocycles. The van der Waals surface area contributed by atoms with Gasteiger partial charge < -0.3 is 4.74 Å². The van der Waals surface area contributed by atoms with Crippen molar-refractivity contribution in [3.63, 3.8) is 0 Å². The monoisotopic (exact) mass is 182 g/mol. The first-order valence-corrected chi connectivity index (χ1v) is 4.12. The molecule has 13 heavy (non-hydrogen) atoms. The smallest absolute Gasteiger partial charge is 0.341 e. The van der Waals surface area contributed by atoms with Crippen molar-refractivity contribution in [3.8, 4) is 0 Å². The molecule has 0 radical (unpaired) electrons. The van der Waals surface area contributed by atoms with E-state index in [4.69, 9.17) is 4.74 Å². The third kappa shape index (κ3) is 4.25. The Kier molecular flexibility index (Phi) is 5.52. The van der Waals surface area contributed by atoms with Crippen LogP contribution in [0, 0.1) is 0 Å². The lowest BCUT2D eigenvalue weighted by atomic mass is 10.1. The van der Waals surface area contributed by atoms with E-state index in [9.17, 15) is 9.59 Å². The van der Waals surface area contributed by atoms with Crippen LogP contribution in [0.25, 0.3) is 0 Å². The van der Waals surface area contributed by atoms with Crippen molar-refractivity contribution in [1.29, 1.82) is 0 Å². The molecule has 0 aliphatic rings. The predicted octanol–water partition coefficient (Wildman–Crippen LogP) is 1.64. The van der Waals surface area contributed by atoms with E-state index in [2.05, 4.69) is 6.58 Å². The van der Waals surface area contributed by atoms with Crippen molar-refractivity contribution >= 4 is 11.8 Å². The zero-order valence-corrected chi connectivity index (χ0v) is 8.00. The second kappa shape index (κ2) is 6.17. The summed E-state index contributed by atoms with van der Waals surface area (Å²) in [6.07, 6.45) is 3.63. The molecule has 0 saturated heterocycles. The quantitative estimate of drug-likeness (QED) is 0.213. The Morgan fingerprint density at radius 1 is 1.46 bits per heavy atom. The number of carbonyl (C=O) groups excluding carboxylic acids is 2. The molecule has 3 nitrogen and oxygen atoms in total. The van der Waals surface area contributed by atoms with Crippen LogP contribution in [0.5, 0.6) is 0 Å². The fourth-order valence-corrected chi connectivity index (χ4v) is 0.781. The maximum Gasteiger partial charge on any atom is 0.341 e. The lowest BCUT2D eigenvalue weighted by Crippen LogP contribution is -2.13. The van der Waals surface area contributed by atoms with E-state index in [0.29, 0.717) is 6.42 Å². The Morgan fingerprint density at radius 3 is 2.46 bits per heavy atom. The highest BCUT2D eigenvalue weighted by atomic mass is 16.5. The molecule has 0 fully saturated rings. The molecule has 72 valence electrons. The van der Waals surface area contributed by atoms with Crippen LogP contribution in [-0.2, 0) is 14.3 Å². The predicted molar refractivity (Wildman–Crippen MR) is 50.2 cm³/mol. The van der Waals surface area contributed by atoms with Gasteiger partial charge in [-0.15, -0.1) is 6.58 Å². The number of allylic oxidation sites excluding steroid dienone is 2. The van der Waals surface area contributed by atoms with E-state index in [-0.39, 0.29) is 18.0 Å². The van der Waals surface area contributed by atoms with Crippen molar-refractivity contribution < 1.29 is 14.3 Å². The minimum atomic E-state index is -0.558. The third-order valence-corrected chi connectivity index (χ3v) is 1.36. The molecule has 0 aliphatic carbocycles. The Bertz CT molecular complexity index is 239. The molecule has 0 rings (SSSR count). The van der Waals surface area contributed by atoms with E-state index in [0.717, 1.165) is 0 Å². The maximum atomic E-state index is 11.1. The molecule has 0 aromatic carbocycles. The lowest BCUT2D eigenvalue weighted by Gasteiger charge is -2.02. The second-order valence-electron chi connectivity index (χ2n) is 2.42. The van der Waals surface area contributed by atoms with Crippen LogP contribution in [0.1, 0.15) is 20.3 Å². The van der Waals surface area contributed by atoms with Crippen molar-refractivity contribution in [3.05, 3.63) is 24.3 Å². The highest BCUT2D eigenvalue weighted by molar-refractivity contribution is 6.16. The molecule has 0 spiro atoms. The molecule has 0 N–H and O–H groups in total. The fraction of sp³-hybridized carbons (Fsp3) is 0.400. The maximum absolute atomic E-state index is 11.1. The standard InChI is InChI=1S/C10H14O3/c1-4-6-7-9(8(3)11)10(12)13-5-2/h4,7H,1,5-6H2,2-3H3. The van der Waals surface area contributed by atoms with E-state index in [1.54, 1.807) is 13.0 Å². The molecule has 3 heteroatoms. The number of Topliss-reactive ketones (excluding diaryl/α,β-unsaturated/α-hetero) is 1. The molecular formula is C10H14O3. The molecule has 0 aromatic heterocycles. The van der Waals surface area contributed by atoms with Crippen molar-refractivity contribution in [2.24, 2.45) is 0 Å². The van der Waals surface area contributed by atoms with Crippen LogP contribution in [0.4, 0.5) is 0 Å². The van der Waals surface area contributed by atoms with E-state index in [1.165, 1.54) is 13.0 Å². The van der Waals surface area contributed by atoms with Crippen LogP contribution in [0.15, 0.2) is 24.3 Å². The average Bonchev–Trinajstić information content (AvgIpc) is 2.05. The number of ketones is 1. The number of ether oxygens (including phenoxy) is 1. The summed E-state index contributed by atoms with van der Waals surface area (Å²) < 4.78 is 4.70. The number of carbonyl (C=O) groups is 2. The fourth-order valence-electron chi connectivity index (χ4n) is 0.781. The Hall–Kier alpha value is -1.38. The summed E-state index contributed by atoms with van der Waals surface area (Å²) in [7, 11) is 0. The molecule has 0 heterocycles. The second-order valence-corrected chi connectivity index (χ2v) is 2.42. The highest BCUT2D eigenvalue weighted by Gasteiger charge is 2.13. The van der Waals surface area contributed by atoms with Crippen LogP contribution in [0.2, 0.25) is 0 Å². The molecular weight excluding hydrogens is 168 g/mol. The summed E-state index contributed by atoms with van der Waals surface area (Å²) in [5.41, 5.74) is 0.0988. The minimum Gasteiger partial charge on any atom is -0.462 e. The van der Waals surface area contributed by atoms with Gasteiger partial charge in [-0.2, -0.15) is 0 Å². The molecule has 0 atom stereocenters. The van der Waals surface area contributed by atoms with Gasteiger partial charge in [0.1, 0.15) is 0 Å². The zero-order valence-electron chi connectivity index (χ0n) is 8.00. The van der Waals surface area contributed by atoms with Crippen molar-refractivity contribution in [2.45, 2.75) is 20.3 Å². The first kappa shape index (κ1) is 11.6. The highest BCUT2D eigenvalue weighted by Crippen LogP contribution is 2.02. The topological polar surface area (TPSA) is 43.4 Å². The number of hydrogen-bond donors (Lipinski definition) is 0. The lowest BCUT2D eigenvalue weighted by molar-refractivity contribution is -0.139. The first-order chi connectivity index (χ1) is 6.13. The van der Waals surface area contributed by atoms with Gasteiger partial charge in [-0.25, -0.2) is 4.79 Å². The van der Waals surface area contributed by atoms with E-state index < -0.39 is 5.97 Å². The largest absolute Gasteiger partial charge is 0.462 e. The summed E-state index contributed by atoms with van der Waals surface area (Å²) in [5.74, 6) is -0.836. The molecule has 0 amide bonds. The van der Waals surface area contributed by atoms with Gasteiger partial charge in [0.15, 0.2) is 5.78 Å². The minimum absolute atomic E-state index is 0.0988. The number of rotatable bonds is 5. The Morgan fingerprint density at radius 2 is 2.08 bits per heavy atom. The van der Waals surface area contributed by atoms with Crippen molar-refractivity contribution in [2.75, 3.05) is 6.61 Å². The van der Waals surface area contributed by atoms with Gasteiger partial charge >= 0.3 is 5.97 Å². The van der Waals surface area contributed by atoms with E-state index >= 15 is 0 Å². The van der Waals surface area contributed by atoms with Crippen LogP contribution < -0.4 is 0 Å². The molecule has 0 bridgehead atoms. The third-order valence-electron chi connectivity index (χ3n) is 1.36. The van der Waals surface area contributed by atoms with Gasteiger partial charge in [-0.05, 0) is 20.3 Å². The number of esters is 1. The van der Waals surface area contributed by atoms with Gasteiger partial charge in [0.2, 0.25) is 0 Å². The van der Waals surface area contributed by atoms with Gasteiger partial charge in [0.25, 0.3) is 0 Å². The Balaban J connectivity index is 4.50. The molecule has 0 unspecified atom stereocenters.